The Bertz CT molecular complexity index is 1010. The number of nitrogens with one attached hydrogen (secondary N) is 1. The van der Waals surface area contributed by atoms with E-state index in [4.69, 9.17) is 5.11 Å². The molecule has 0 fully saturated rings. The molecule has 2 rings (SSSR count). The van der Waals surface area contributed by atoms with Crippen LogP contribution in [0, 0.1) is 0 Å². The van der Waals surface area contributed by atoms with E-state index in [0.29, 0.717) is 13.1 Å². The number of carboxylic acid groups (broad SMARTS) is 1. The number of sulfonamides is 2. The molecule has 2 N–H and O–H groups in total. The Morgan fingerprint density at radius 2 is 1.37 bits per heavy atom. The molecule has 0 aliphatic carbocycles. The topological polar surface area (TPSA) is 121 Å². The van der Waals surface area contributed by atoms with Crippen LogP contribution in [0.5, 0.6) is 0 Å². The van der Waals surface area contributed by atoms with Crippen molar-refractivity contribution in [2.75, 3.05) is 17.8 Å². The van der Waals surface area contributed by atoms with E-state index in [9.17, 15) is 21.6 Å². The van der Waals surface area contributed by atoms with Crippen LogP contribution < -0.4 is 4.72 Å². The molecule has 0 atom stereocenters. The highest BCUT2D eigenvalue weighted by atomic mass is 32.2. The van der Waals surface area contributed by atoms with Gasteiger partial charge in [0.15, 0.2) is 0 Å². The van der Waals surface area contributed by atoms with Crippen LogP contribution >= 0.6 is 0 Å². The molecule has 0 aliphatic heterocycles. The van der Waals surface area contributed by atoms with Crippen molar-refractivity contribution in [1.82, 2.24) is 4.31 Å². The van der Waals surface area contributed by atoms with E-state index in [2.05, 4.69) is 4.72 Å². The molecule has 0 amide bonds. The summed E-state index contributed by atoms with van der Waals surface area (Å²) in [5.41, 5.74) is 0.163. The maximum Gasteiger partial charge on any atom is 0.335 e. The van der Waals surface area contributed by atoms with Crippen LogP contribution in [0.4, 0.5) is 5.69 Å². The lowest BCUT2D eigenvalue weighted by atomic mass is 10.2. The fourth-order valence-corrected chi connectivity index (χ4v) is 4.91. The number of anilines is 1. The molecule has 0 radical (unpaired) electrons. The number of nitrogens with zero attached hydrogens (tertiary/aromatic N) is 1. The van der Waals surface area contributed by atoms with Gasteiger partial charge in [0.1, 0.15) is 0 Å². The van der Waals surface area contributed by atoms with Crippen molar-refractivity contribution >= 4 is 31.7 Å². The summed E-state index contributed by atoms with van der Waals surface area (Å²) in [5.74, 6) is -1.16. The van der Waals surface area contributed by atoms with Crippen LogP contribution in [-0.4, -0.2) is 45.3 Å². The molecule has 0 spiro atoms. The van der Waals surface area contributed by atoms with Crippen molar-refractivity contribution in [2.45, 2.75) is 23.6 Å². The van der Waals surface area contributed by atoms with Gasteiger partial charge in [0.25, 0.3) is 10.0 Å². The summed E-state index contributed by atoms with van der Waals surface area (Å²) in [6.07, 6.45) is 0. The van der Waals surface area contributed by atoms with Crippen LogP contribution in [-0.2, 0) is 20.0 Å². The van der Waals surface area contributed by atoms with Gasteiger partial charge in [-0.1, -0.05) is 13.8 Å². The van der Waals surface area contributed by atoms with E-state index in [0.717, 1.165) is 0 Å². The number of hydrogen-bond donors (Lipinski definition) is 2. The molecule has 8 nitrogen and oxygen atoms in total. The Morgan fingerprint density at radius 1 is 0.889 bits per heavy atom. The van der Waals surface area contributed by atoms with Gasteiger partial charge < -0.3 is 5.11 Å². The minimum Gasteiger partial charge on any atom is -0.478 e. The zero-order valence-corrected chi connectivity index (χ0v) is 16.4. The van der Waals surface area contributed by atoms with Gasteiger partial charge in [-0.25, -0.2) is 21.6 Å². The average Bonchev–Trinajstić information content (AvgIpc) is 2.62. The molecule has 0 aliphatic rings. The average molecular weight is 412 g/mol. The van der Waals surface area contributed by atoms with Crippen molar-refractivity contribution in [3.05, 3.63) is 54.1 Å². The van der Waals surface area contributed by atoms with E-state index in [1.165, 1.54) is 52.8 Å². The molecule has 0 unspecified atom stereocenters. The van der Waals surface area contributed by atoms with Crippen molar-refractivity contribution in [3.63, 3.8) is 0 Å². The van der Waals surface area contributed by atoms with Crippen LogP contribution in [0.1, 0.15) is 24.2 Å². The molecule has 0 saturated carbocycles. The molecule has 2 aromatic rings. The second kappa shape index (κ2) is 8.07. The van der Waals surface area contributed by atoms with E-state index in [1.807, 2.05) is 0 Å². The Hall–Kier alpha value is -2.43. The normalized spacial score (nSPS) is 12.1. The van der Waals surface area contributed by atoms with Gasteiger partial charge in [0, 0.05) is 18.8 Å². The molecule has 2 aromatic carbocycles. The highest BCUT2D eigenvalue weighted by molar-refractivity contribution is 7.92. The minimum absolute atomic E-state index is 0.0279. The highest BCUT2D eigenvalue weighted by Crippen LogP contribution is 2.21. The lowest BCUT2D eigenvalue weighted by Gasteiger charge is -2.18. The number of rotatable bonds is 8. The Morgan fingerprint density at radius 3 is 1.81 bits per heavy atom. The van der Waals surface area contributed by atoms with Gasteiger partial charge in [0.2, 0.25) is 10.0 Å². The number of aromatic carboxylic acids is 1. The van der Waals surface area contributed by atoms with E-state index in [-0.39, 0.29) is 21.0 Å². The van der Waals surface area contributed by atoms with Crippen molar-refractivity contribution in [2.24, 2.45) is 0 Å². The lowest BCUT2D eigenvalue weighted by Crippen LogP contribution is -2.30. The zero-order chi connectivity index (χ0) is 20.2. The summed E-state index contributed by atoms with van der Waals surface area (Å²) in [6, 6.07) is 10.1. The number of carboxylic acids is 1. The lowest BCUT2D eigenvalue weighted by molar-refractivity contribution is 0.0696. The number of hydrogen-bond acceptors (Lipinski definition) is 5. The fraction of sp³-hybridized carbons (Fsp3) is 0.235. The maximum atomic E-state index is 12.4. The summed E-state index contributed by atoms with van der Waals surface area (Å²) in [5, 5.41) is 8.86. The summed E-state index contributed by atoms with van der Waals surface area (Å²) >= 11 is 0. The smallest absolute Gasteiger partial charge is 0.335 e. The van der Waals surface area contributed by atoms with Gasteiger partial charge >= 0.3 is 5.97 Å². The molecule has 10 heteroatoms. The first-order valence-corrected chi connectivity index (χ1v) is 11.0. The molecular weight excluding hydrogens is 392 g/mol. The largest absolute Gasteiger partial charge is 0.478 e. The summed E-state index contributed by atoms with van der Waals surface area (Å²) < 4.78 is 53.3. The third-order valence-corrected chi connectivity index (χ3v) is 7.32. The zero-order valence-electron chi connectivity index (χ0n) is 14.8. The number of carbonyl (C=O) groups is 1. The SMILES string of the molecule is CCN(CC)S(=O)(=O)c1ccc(NS(=O)(=O)c2ccc(C(=O)O)cc2)cc1. The molecule has 0 saturated heterocycles. The molecule has 146 valence electrons. The molecule has 0 aromatic heterocycles. The summed E-state index contributed by atoms with van der Waals surface area (Å²) in [4.78, 5) is 10.8. The Balaban J connectivity index is 2.24. The van der Waals surface area contributed by atoms with Crippen LogP contribution in [0.3, 0.4) is 0 Å². The van der Waals surface area contributed by atoms with Crippen LogP contribution in [0.15, 0.2) is 58.3 Å². The predicted molar refractivity (Wildman–Crippen MR) is 101 cm³/mol. The van der Waals surface area contributed by atoms with Gasteiger partial charge in [-0.15, -0.1) is 0 Å². The van der Waals surface area contributed by atoms with Crippen molar-refractivity contribution < 1.29 is 26.7 Å². The van der Waals surface area contributed by atoms with Crippen LogP contribution in [0.25, 0.3) is 0 Å². The third kappa shape index (κ3) is 4.65. The van der Waals surface area contributed by atoms with Crippen LogP contribution in [0.2, 0.25) is 0 Å². The highest BCUT2D eigenvalue weighted by Gasteiger charge is 2.22. The van der Waals surface area contributed by atoms with E-state index in [1.54, 1.807) is 13.8 Å². The van der Waals surface area contributed by atoms with Gasteiger partial charge in [-0.05, 0) is 48.5 Å². The third-order valence-electron chi connectivity index (χ3n) is 3.86. The maximum absolute atomic E-state index is 12.4. The first-order chi connectivity index (χ1) is 12.6. The fourth-order valence-electron chi connectivity index (χ4n) is 2.40. The first kappa shape index (κ1) is 20.9. The molecule has 0 bridgehead atoms. The first-order valence-electron chi connectivity index (χ1n) is 8.08. The second-order valence-corrected chi connectivity index (χ2v) is 9.17. The van der Waals surface area contributed by atoms with Crippen molar-refractivity contribution in [3.8, 4) is 0 Å². The Kier molecular flexibility index (Phi) is 6.24. The van der Waals surface area contributed by atoms with E-state index < -0.39 is 26.0 Å². The van der Waals surface area contributed by atoms with Gasteiger partial charge in [-0.3, -0.25) is 4.72 Å². The quantitative estimate of drug-likeness (QED) is 0.686. The summed E-state index contributed by atoms with van der Waals surface area (Å²) in [7, 11) is -7.56. The Labute approximate surface area is 158 Å². The predicted octanol–water partition coefficient (Wildman–Crippen LogP) is 2.22. The number of benzene rings is 2. The monoisotopic (exact) mass is 412 g/mol. The van der Waals surface area contributed by atoms with E-state index >= 15 is 0 Å². The molecule has 27 heavy (non-hydrogen) atoms. The van der Waals surface area contributed by atoms with Gasteiger partial charge in [-0.2, -0.15) is 4.31 Å². The second-order valence-electron chi connectivity index (χ2n) is 5.55. The minimum atomic E-state index is -3.93. The summed E-state index contributed by atoms with van der Waals surface area (Å²) in [6.45, 7) is 4.14. The molecule has 0 heterocycles. The standard InChI is InChI=1S/C17H20N2O6S2/c1-3-19(4-2)27(24,25)16-11-7-14(8-12-16)18-26(22,23)15-9-5-13(6-10-15)17(20)21/h5-12,18H,3-4H2,1-2H3,(H,20,21). The molecular formula is C17H20N2O6S2. The van der Waals surface area contributed by atoms with Crippen molar-refractivity contribution in [1.29, 1.82) is 0 Å². The van der Waals surface area contributed by atoms with Gasteiger partial charge in [0.05, 0.1) is 15.4 Å².